The molecule has 9 nitrogen and oxygen atoms in total. The standard InChI is InChI=1S/C24H22ClN5O4/c1-15-3-7-18(8-4-15)30-23(27-28-29-30)14-34-21-10-5-16(11-22(21)33-2)13-26-20-12-17(24(31)32)6-9-19(20)25/h3-12,26H,13-14H2,1-2H3,(H,31,32). The van der Waals surface area contributed by atoms with Crippen molar-refractivity contribution in [2.24, 2.45) is 0 Å². The molecule has 0 amide bonds. The number of hydrogen-bond donors (Lipinski definition) is 2. The number of methoxy groups -OCH3 is 1. The van der Waals surface area contributed by atoms with Crippen molar-refractivity contribution in [3.63, 3.8) is 0 Å². The van der Waals surface area contributed by atoms with Crippen molar-refractivity contribution < 1.29 is 19.4 Å². The van der Waals surface area contributed by atoms with Crippen LogP contribution in [0.1, 0.15) is 27.3 Å². The maximum atomic E-state index is 11.2. The monoisotopic (exact) mass is 479 g/mol. The van der Waals surface area contributed by atoms with E-state index in [9.17, 15) is 9.90 Å². The summed E-state index contributed by atoms with van der Waals surface area (Å²) in [5.41, 5.74) is 3.56. The second kappa shape index (κ2) is 10.2. The van der Waals surface area contributed by atoms with E-state index < -0.39 is 5.97 Å². The van der Waals surface area contributed by atoms with Crippen molar-refractivity contribution in [2.75, 3.05) is 12.4 Å². The molecule has 4 rings (SSSR count). The topological polar surface area (TPSA) is 111 Å². The van der Waals surface area contributed by atoms with Gasteiger partial charge in [0, 0.05) is 6.54 Å². The largest absolute Gasteiger partial charge is 0.493 e. The van der Waals surface area contributed by atoms with Crippen LogP contribution in [0.5, 0.6) is 11.5 Å². The number of nitrogens with zero attached hydrogens (tertiary/aromatic N) is 4. The molecule has 2 N–H and O–H groups in total. The van der Waals surface area contributed by atoms with Gasteiger partial charge < -0.3 is 19.9 Å². The van der Waals surface area contributed by atoms with Crippen molar-refractivity contribution >= 4 is 23.3 Å². The van der Waals surface area contributed by atoms with Gasteiger partial charge >= 0.3 is 5.97 Å². The average Bonchev–Trinajstić information content (AvgIpc) is 3.31. The van der Waals surface area contributed by atoms with Crippen LogP contribution in [0.25, 0.3) is 5.69 Å². The first-order chi connectivity index (χ1) is 16.4. The Labute approximate surface area is 200 Å². The summed E-state index contributed by atoms with van der Waals surface area (Å²) in [7, 11) is 1.56. The SMILES string of the molecule is COc1cc(CNc2cc(C(=O)O)ccc2Cl)ccc1OCc1nnnn1-c1ccc(C)cc1. The summed E-state index contributed by atoms with van der Waals surface area (Å²) >= 11 is 6.19. The summed E-state index contributed by atoms with van der Waals surface area (Å²) < 4.78 is 13.1. The van der Waals surface area contributed by atoms with Gasteiger partial charge in [-0.2, -0.15) is 4.68 Å². The van der Waals surface area contributed by atoms with E-state index in [4.69, 9.17) is 21.1 Å². The van der Waals surface area contributed by atoms with Gasteiger partial charge in [0.05, 0.1) is 29.1 Å². The number of tetrazole rings is 1. The number of aryl methyl sites for hydroxylation is 1. The first-order valence-corrected chi connectivity index (χ1v) is 10.7. The predicted molar refractivity (Wildman–Crippen MR) is 127 cm³/mol. The zero-order valence-corrected chi connectivity index (χ0v) is 19.3. The molecule has 10 heteroatoms. The number of aromatic carboxylic acids is 1. The molecule has 0 radical (unpaired) electrons. The third-order valence-electron chi connectivity index (χ3n) is 5.09. The average molecular weight is 480 g/mol. The van der Waals surface area contributed by atoms with Crippen molar-refractivity contribution in [1.82, 2.24) is 20.2 Å². The highest BCUT2D eigenvalue weighted by Gasteiger charge is 2.13. The quantitative estimate of drug-likeness (QED) is 0.360. The molecule has 4 aromatic rings. The maximum absolute atomic E-state index is 11.2. The molecule has 0 spiro atoms. The number of hydrogen-bond acceptors (Lipinski definition) is 7. The molecule has 174 valence electrons. The van der Waals surface area contributed by atoms with Crippen LogP contribution in [0.2, 0.25) is 5.02 Å². The van der Waals surface area contributed by atoms with Gasteiger partial charge in [-0.1, -0.05) is 35.4 Å². The Morgan fingerprint density at radius 1 is 1.09 bits per heavy atom. The van der Waals surface area contributed by atoms with Crippen molar-refractivity contribution in [2.45, 2.75) is 20.1 Å². The maximum Gasteiger partial charge on any atom is 0.335 e. The highest BCUT2D eigenvalue weighted by Crippen LogP contribution is 2.30. The van der Waals surface area contributed by atoms with Crippen molar-refractivity contribution in [1.29, 1.82) is 0 Å². The number of anilines is 1. The van der Waals surface area contributed by atoms with E-state index in [2.05, 4.69) is 20.8 Å². The normalized spacial score (nSPS) is 10.7. The molecule has 0 aliphatic carbocycles. The summed E-state index contributed by atoms with van der Waals surface area (Å²) in [6.45, 7) is 2.57. The molecule has 1 heterocycles. The van der Waals surface area contributed by atoms with Crippen LogP contribution >= 0.6 is 11.6 Å². The number of halogens is 1. The Morgan fingerprint density at radius 3 is 2.62 bits per heavy atom. The van der Waals surface area contributed by atoms with E-state index in [1.165, 1.54) is 12.1 Å². The zero-order valence-electron chi connectivity index (χ0n) is 18.5. The van der Waals surface area contributed by atoms with Gasteiger partial charge in [0.15, 0.2) is 23.9 Å². The zero-order chi connectivity index (χ0) is 24.1. The lowest BCUT2D eigenvalue weighted by Gasteiger charge is -2.14. The first kappa shape index (κ1) is 23.1. The Bertz CT molecular complexity index is 1310. The Balaban J connectivity index is 1.45. The molecular formula is C24H22ClN5O4. The van der Waals surface area contributed by atoms with E-state index in [0.29, 0.717) is 34.6 Å². The molecule has 0 fully saturated rings. The third kappa shape index (κ3) is 5.26. The van der Waals surface area contributed by atoms with Gasteiger partial charge in [-0.05, 0) is 65.4 Å². The number of nitrogens with one attached hydrogen (secondary N) is 1. The molecule has 0 bridgehead atoms. The van der Waals surface area contributed by atoms with Crippen LogP contribution in [0.4, 0.5) is 5.69 Å². The van der Waals surface area contributed by atoms with Crippen LogP contribution in [0.3, 0.4) is 0 Å². The minimum absolute atomic E-state index is 0.145. The lowest BCUT2D eigenvalue weighted by Crippen LogP contribution is -2.08. The molecule has 0 unspecified atom stereocenters. The summed E-state index contributed by atoms with van der Waals surface area (Å²) in [6.07, 6.45) is 0. The fourth-order valence-corrected chi connectivity index (χ4v) is 3.44. The van der Waals surface area contributed by atoms with E-state index in [0.717, 1.165) is 16.8 Å². The Hall–Kier alpha value is -4.11. The Kier molecular flexibility index (Phi) is 6.93. The van der Waals surface area contributed by atoms with Crippen LogP contribution < -0.4 is 14.8 Å². The van der Waals surface area contributed by atoms with Gasteiger partial charge in [0.2, 0.25) is 0 Å². The van der Waals surface area contributed by atoms with Crippen molar-refractivity contribution in [3.8, 4) is 17.2 Å². The summed E-state index contributed by atoms with van der Waals surface area (Å²) in [5.74, 6) is 0.607. The van der Waals surface area contributed by atoms with Crippen LogP contribution in [-0.2, 0) is 13.2 Å². The highest BCUT2D eigenvalue weighted by atomic mass is 35.5. The number of rotatable bonds is 9. The minimum Gasteiger partial charge on any atom is -0.493 e. The summed E-state index contributed by atoms with van der Waals surface area (Å²) in [5, 5.41) is 24.7. The van der Waals surface area contributed by atoms with E-state index in [1.54, 1.807) is 23.9 Å². The number of carboxylic acid groups (broad SMARTS) is 1. The van der Waals surface area contributed by atoms with Gasteiger partial charge in [0.25, 0.3) is 0 Å². The lowest BCUT2D eigenvalue weighted by atomic mass is 10.1. The smallest absolute Gasteiger partial charge is 0.335 e. The number of aromatic nitrogens is 4. The van der Waals surface area contributed by atoms with Gasteiger partial charge in [-0.3, -0.25) is 0 Å². The predicted octanol–water partition coefficient (Wildman–Crippen LogP) is 4.52. The fourth-order valence-electron chi connectivity index (χ4n) is 3.26. The second-order valence-corrected chi connectivity index (χ2v) is 7.88. The van der Waals surface area contributed by atoms with Crippen LogP contribution in [-0.4, -0.2) is 38.4 Å². The molecule has 0 aliphatic rings. The molecule has 3 aromatic carbocycles. The molecule has 0 saturated carbocycles. The van der Waals surface area contributed by atoms with Gasteiger partial charge in [-0.15, -0.1) is 5.10 Å². The van der Waals surface area contributed by atoms with E-state index >= 15 is 0 Å². The first-order valence-electron chi connectivity index (χ1n) is 10.4. The van der Waals surface area contributed by atoms with Gasteiger partial charge in [0.1, 0.15) is 0 Å². The van der Waals surface area contributed by atoms with E-state index in [1.807, 2.05) is 43.3 Å². The number of ether oxygens (including phenoxy) is 2. The third-order valence-corrected chi connectivity index (χ3v) is 5.42. The molecule has 0 atom stereocenters. The molecule has 1 aromatic heterocycles. The van der Waals surface area contributed by atoms with Crippen LogP contribution in [0, 0.1) is 6.92 Å². The summed E-state index contributed by atoms with van der Waals surface area (Å²) in [4.78, 5) is 11.2. The summed E-state index contributed by atoms with van der Waals surface area (Å²) in [6, 6.07) is 17.9. The fraction of sp³-hybridized carbons (Fsp3) is 0.167. The van der Waals surface area contributed by atoms with Gasteiger partial charge in [-0.25, -0.2) is 4.79 Å². The molecule has 0 saturated heterocycles. The second-order valence-electron chi connectivity index (χ2n) is 7.47. The molecular weight excluding hydrogens is 458 g/mol. The van der Waals surface area contributed by atoms with Crippen molar-refractivity contribution in [3.05, 3.63) is 88.2 Å². The minimum atomic E-state index is -1.02. The molecule has 0 aliphatic heterocycles. The van der Waals surface area contributed by atoms with E-state index in [-0.39, 0.29) is 12.2 Å². The lowest BCUT2D eigenvalue weighted by molar-refractivity contribution is 0.0697. The highest BCUT2D eigenvalue weighted by molar-refractivity contribution is 6.33. The number of benzene rings is 3. The number of carboxylic acids is 1. The molecule has 34 heavy (non-hydrogen) atoms. The number of carbonyl (C=O) groups is 1. The Morgan fingerprint density at radius 2 is 1.88 bits per heavy atom. The van der Waals surface area contributed by atoms with Crippen LogP contribution in [0.15, 0.2) is 60.7 Å².